The van der Waals surface area contributed by atoms with Gasteiger partial charge in [-0.2, -0.15) is 0 Å². The highest BCUT2D eigenvalue weighted by Gasteiger charge is 2.17. The normalized spacial score (nSPS) is 11.7. The molecule has 3 N–H and O–H groups in total. The summed E-state index contributed by atoms with van der Waals surface area (Å²) in [6.07, 6.45) is 1.55. The van der Waals surface area contributed by atoms with Gasteiger partial charge >= 0.3 is 0 Å². The molecule has 1 atom stereocenters. The Morgan fingerprint density at radius 1 is 1.67 bits per heavy atom. The van der Waals surface area contributed by atoms with E-state index in [2.05, 4.69) is 15.3 Å². The maximum atomic E-state index is 11.9. The summed E-state index contributed by atoms with van der Waals surface area (Å²) in [6.45, 7) is 4.32. The molecule has 1 rings (SSSR count). The van der Waals surface area contributed by atoms with Gasteiger partial charge in [0.1, 0.15) is 16.7 Å². The maximum absolute atomic E-state index is 11.9. The van der Waals surface area contributed by atoms with E-state index in [1.165, 1.54) is 0 Å². The highest BCUT2D eigenvalue weighted by Crippen LogP contribution is 2.04. The lowest BCUT2D eigenvalue weighted by Crippen LogP contribution is -2.39. The molecule has 1 unspecified atom stereocenters. The predicted molar refractivity (Wildman–Crippen MR) is 74.3 cm³/mol. The van der Waals surface area contributed by atoms with Crippen molar-refractivity contribution in [1.29, 1.82) is 0 Å². The molecule has 7 heteroatoms. The van der Waals surface area contributed by atoms with Gasteiger partial charge in [0.05, 0.1) is 0 Å². The second kappa shape index (κ2) is 6.25. The Morgan fingerprint density at radius 3 is 2.89 bits per heavy atom. The van der Waals surface area contributed by atoms with Gasteiger partial charge in [-0.1, -0.05) is 12.2 Å². The standard InChI is InChI=1S/C11H17N5OS/c1-4-16(3)10(17)7(2)14-11-13-6-5-8(15-11)9(12)18/h5-7H,4H2,1-3H3,(H2,12,18)(H,13,14,15). The van der Waals surface area contributed by atoms with Gasteiger partial charge in [-0.05, 0) is 19.9 Å². The average Bonchev–Trinajstić information content (AvgIpc) is 2.37. The Balaban J connectivity index is 2.75. The summed E-state index contributed by atoms with van der Waals surface area (Å²) in [6, 6.07) is 1.22. The molecule has 0 aliphatic carbocycles. The second-order valence-corrected chi connectivity index (χ2v) is 4.29. The third-order valence-corrected chi connectivity index (χ3v) is 2.68. The summed E-state index contributed by atoms with van der Waals surface area (Å²) in [5.41, 5.74) is 5.96. The number of carbonyl (C=O) groups is 1. The van der Waals surface area contributed by atoms with Crippen molar-refractivity contribution < 1.29 is 4.79 Å². The highest BCUT2D eigenvalue weighted by atomic mass is 32.1. The number of thiocarbonyl (C=S) groups is 1. The van der Waals surface area contributed by atoms with Gasteiger partial charge < -0.3 is 16.0 Å². The van der Waals surface area contributed by atoms with E-state index in [0.29, 0.717) is 18.2 Å². The average molecular weight is 267 g/mol. The first kappa shape index (κ1) is 14.3. The van der Waals surface area contributed by atoms with Crippen molar-refractivity contribution >= 4 is 29.1 Å². The molecule has 0 bridgehead atoms. The Bertz CT molecular complexity index is 451. The molecule has 1 aromatic heterocycles. The number of likely N-dealkylation sites (N-methyl/N-ethyl adjacent to an activating group) is 1. The molecule has 1 amide bonds. The summed E-state index contributed by atoms with van der Waals surface area (Å²) in [5.74, 6) is 0.312. The Hall–Kier alpha value is -1.76. The van der Waals surface area contributed by atoms with Gasteiger partial charge in [-0.15, -0.1) is 0 Å². The lowest BCUT2D eigenvalue weighted by molar-refractivity contribution is -0.130. The summed E-state index contributed by atoms with van der Waals surface area (Å²) >= 11 is 4.83. The summed E-state index contributed by atoms with van der Waals surface area (Å²) in [7, 11) is 1.74. The smallest absolute Gasteiger partial charge is 0.244 e. The lowest BCUT2D eigenvalue weighted by Gasteiger charge is -2.20. The van der Waals surface area contributed by atoms with Crippen LogP contribution in [0.3, 0.4) is 0 Å². The van der Waals surface area contributed by atoms with Crippen LogP contribution in [-0.4, -0.2) is 45.4 Å². The molecule has 0 aromatic carbocycles. The van der Waals surface area contributed by atoms with Gasteiger partial charge in [0.15, 0.2) is 0 Å². The molecule has 98 valence electrons. The lowest BCUT2D eigenvalue weighted by atomic mass is 10.3. The van der Waals surface area contributed by atoms with Crippen LogP contribution in [0, 0.1) is 0 Å². The van der Waals surface area contributed by atoms with Crippen LogP contribution < -0.4 is 11.1 Å². The molecule has 0 fully saturated rings. The zero-order valence-corrected chi connectivity index (χ0v) is 11.5. The zero-order valence-electron chi connectivity index (χ0n) is 10.7. The molecular formula is C11H17N5OS. The van der Waals surface area contributed by atoms with Crippen molar-refractivity contribution in [2.45, 2.75) is 19.9 Å². The first-order chi connectivity index (χ1) is 8.45. The summed E-state index contributed by atoms with van der Waals surface area (Å²) < 4.78 is 0. The zero-order chi connectivity index (χ0) is 13.7. The van der Waals surface area contributed by atoms with Crippen molar-refractivity contribution in [3.05, 3.63) is 18.0 Å². The molecule has 1 aromatic rings. The molecule has 0 saturated heterocycles. The number of nitrogens with one attached hydrogen (secondary N) is 1. The van der Waals surface area contributed by atoms with E-state index in [9.17, 15) is 4.79 Å². The Labute approximate surface area is 112 Å². The molecule has 0 radical (unpaired) electrons. The maximum Gasteiger partial charge on any atom is 0.244 e. The summed E-state index contributed by atoms with van der Waals surface area (Å²) in [5, 5.41) is 2.92. The first-order valence-electron chi connectivity index (χ1n) is 5.60. The minimum atomic E-state index is -0.406. The number of anilines is 1. The van der Waals surface area contributed by atoms with Crippen molar-refractivity contribution in [3.8, 4) is 0 Å². The van der Waals surface area contributed by atoms with E-state index < -0.39 is 6.04 Å². The van der Waals surface area contributed by atoms with Crippen LogP contribution in [0.4, 0.5) is 5.95 Å². The van der Waals surface area contributed by atoms with Crippen molar-refractivity contribution in [3.63, 3.8) is 0 Å². The molecular weight excluding hydrogens is 250 g/mol. The minimum Gasteiger partial charge on any atom is -0.388 e. The number of nitrogens with zero attached hydrogens (tertiary/aromatic N) is 3. The minimum absolute atomic E-state index is 0.0261. The monoisotopic (exact) mass is 267 g/mol. The Kier molecular flexibility index (Phi) is 4.96. The van der Waals surface area contributed by atoms with Crippen LogP contribution in [-0.2, 0) is 4.79 Å². The Morgan fingerprint density at radius 2 is 2.33 bits per heavy atom. The number of hydrogen-bond donors (Lipinski definition) is 2. The van der Waals surface area contributed by atoms with E-state index >= 15 is 0 Å². The number of aromatic nitrogens is 2. The molecule has 0 saturated carbocycles. The van der Waals surface area contributed by atoms with Gasteiger partial charge in [-0.3, -0.25) is 4.79 Å². The van der Waals surface area contributed by atoms with Gasteiger partial charge in [0, 0.05) is 19.8 Å². The van der Waals surface area contributed by atoms with Crippen molar-refractivity contribution in [2.75, 3.05) is 18.9 Å². The molecule has 0 aliphatic rings. The molecule has 1 heterocycles. The molecule has 6 nitrogen and oxygen atoms in total. The quantitative estimate of drug-likeness (QED) is 0.751. The molecule has 18 heavy (non-hydrogen) atoms. The van der Waals surface area contributed by atoms with Gasteiger partial charge in [0.2, 0.25) is 11.9 Å². The van der Waals surface area contributed by atoms with Crippen molar-refractivity contribution in [2.24, 2.45) is 5.73 Å². The highest BCUT2D eigenvalue weighted by molar-refractivity contribution is 7.80. The fraction of sp³-hybridized carbons (Fsp3) is 0.455. The van der Waals surface area contributed by atoms with E-state index in [1.807, 2.05) is 6.92 Å². The van der Waals surface area contributed by atoms with E-state index in [1.54, 1.807) is 31.1 Å². The topological polar surface area (TPSA) is 84.1 Å². The predicted octanol–water partition coefficient (Wildman–Crippen LogP) is 0.389. The molecule has 0 aliphatic heterocycles. The van der Waals surface area contributed by atoms with Crippen LogP contribution in [0.15, 0.2) is 12.3 Å². The largest absolute Gasteiger partial charge is 0.388 e. The van der Waals surface area contributed by atoms with Crippen LogP contribution in [0.2, 0.25) is 0 Å². The third kappa shape index (κ3) is 3.63. The first-order valence-corrected chi connectivity index (χ1v) is 6.01. The van der Waals surface area contributed by atoms with Crippen molar-refractivity contribution in [1.82, 2.24) is 14.9 Å². The number of amides is 1. The number of hydrogen-bond acceptors (Lipinski definition) is 5. The van der Waals surface area contributed by atoms with Crippen LogP contribution in [0.25, 0.3) is 0 Å². The van der Waals surface area contributed by atoms with E-state index in [4.69, 9.17) is 18.0 Å². The second-order valence-electron chi connectivity index (χ2n) is 3.85. The van der Waals surface area contributed by atoms with E-state index in [0.717, 1.165) is 0 Å². The number of rotatable bonds is 5. The van der Waals surface area contributed by atoms with Gasteiger partial charge in [0.25, 0.3) is 0 Å². The summed E-state index contributed by atoms with van der Waals surface area (Å²) in [4.78, 5) is 21.8. The van der Waals surface area contributed by atoms with Crippen LogP contribution in [0.1, 0.15) is 19.5 Å². The molecule has 0 spiro atoms. The SMILES string of the molecule is CCN(C)C(=O)C(C)Nc1nccc(C(N)=S)n1. The third-order valence-electron chi connectivity index (χ3n) is 2.47. The van der Waals surface area contributed by atoms with E-state index in [-0.39, 0.29) is 10.9 Å². The van der Waals surface area contributed by atoms with Crippen LogP contribution in [0.5, 0.6) is 0 Å². The fourth-order valence-corrected chi connectivity index (χ4v) is 1.42. The fourth-order valence-electron chi connectivity index (χ4n) is 1.31. The van der Waals surface area contributed by atoms with Gasteiger partial charge in [-0.25, -0.2) is 9.97 Å². The number of carbonyl (C=O) groups excluding carboxylic acids is 1. The van der Waals surface area contributed by atoms with Crippen LogP contribution >= 0.6 is 12.2 Å². The number of nitrogens with two attached hydrogens (primary N) is 1.